The molecule has 2 aliphatic rings. The Morgan fingerprint density at radius 1 is 1.20 bits per heavy atom. The first kappa shape index (κ1) is 11.4. The van der Waals surface area contributed by atoms with Crippen LogP contribution in [-0.2, 0) is 0 Å². The molecule has 88 valence electrons. The Morgan fingerprint density at radius 3 is 2.47 bits per heavy atom. The van der Waals surface area contributed by atoms with E-state index in [4.69, 9.17) is 0 Å². The number of hydrogen-bond acceptors (Lipinski definition) is 2. The lowest BCUT2D eigenvalue weighted by Gasteiger charge is -2.26. The van der Waals surface area contributed by atoms with Crippen LogP contribution in [0.2, 0.25) is 0 Å². The van der Waals surface area contributed by atoms with Crippen LogP contribution in [0.5, 0.6) is 0 Å². The van der Waals surface area contributed by atoms with Gasteiger partial charge in [-0.15, -0.1) is 0 Å². The molecule has 1 heterocycles. The minimum absolute atomic E-state index is 0.637. The minimum atomic E-state index is 0.637. The standard InChI is InChI=1S/C13H26N2/c1-13(2)10-12(13)11-14-6-9-15-7-4-3-5-8-15/h12,14H,3-11H2,1-2H3. The number of nitrogens with zero attached hydrogens (tertiary/aromatic N) is 1. The van der Waals surface area contributed by atoms with Crippen molar-refractivity contribution in [3.8, 4) is 0 Å². The highest BCUT2D eigenvalue weighted by molar-refractivity contribution is 4.96. The molecule has 0 aromatic rings. The van der Waals surface area contributed by atoms with Gasteiger partial charge < -0.3 is 10.2 Å². The second kappa shape index (κ2) is 4.84. The van der Waals surface area contributed by atoms with Crippen molar-refractivity contribution in [3.05, 3.63) is 0 Å². The van der Waals surface area contributed by atoms with Crippen LogP contribution in [0, 0.1) is 11.3 Å². The van der Waals surface area contributed by atoms with E-state index in [1.807, 2.05) is 0 Å². The predicted octanol–water partition coefficient (Wildman–Crippen LogP) is 2.11. The highest BCUT2D eigenvalue weighted by Crippen LogP contribution is 2.50. The highest BCUT2D eigenvalue weighted by Gasteiger charge is 2.44. The molecule has 0 bridgehead atoms. The third-order valence-electron chi connectivity index (χ3n) is 4.16. The Hall–Kier alpha value is -0.0800. The van der Waals surface area contributed by atoms with E-state index in [2.05, 4.69) is 24.1 Å². The number of nitrogens with one attached hydrogen (secondary N) is 1. The Balaban J connectivity index is 1.48. The molecule has 1 aliphatic carbocycles. The summed E-state index contributed by atoms with van der Waals surface area (Å²) in [7, 11) is 0. The molecule has 15 heavy (non-hydrogen) atoms. The molecule has 0 amide bonds. The average molecular weight is 210 g/mol. The molecule has 0 spiro atoms. The van der Waals surface area contributed by atoms with Crippen LogP contribution in [0.3, 0.4) is 0 Å². The maximum atomic E-state index is 3.61. The molecule has 2 heteroatoms. The van der Waals surface area contributed by atoms with Crippen LogP contribution in [0.15, 0.2) is 0 Å². The summed E-state index contributed by atoms with van der Waals surface area (Å²) in [6, 6.07) is 0. The average Bonchev–Trinajstić information content (AvgIpc) is 2.83. The van der Waals surface area contributed by atoms with E-state index in [-0.39, 0.29) is 0 Å². The zero-order chi connectivity index (χ0) is 10.7. The van der Waals surface area contributed by atoms with Crippen LogP contribution in [0.25, 0.3) is 0 Å². The fraction of sp³-hybridized carbons (Fsp3) is 1.00. The van der Waals surface area contributed by atoms with Gasteiger partial charge in [0.25, 0.3) is 0 Å². The van der Waals surface area contributed by atoms with Crippen LogP contribution in [0.1, 0.15) is 39.5 Å². The van der Waals surface area contributed by atoms with Crippen LogP contribution >= 0.6 is 0 Å². The van der Waals surface area contributed by atoms with Gasteiger partial charge in [0.1, 0.15) is 0 Å². The molecule has 0 aromatic heterocycles. The first-order valence-electron chi connectivity index (χ1n) is 6.61. The van der Waals surface area contributed by atoms with Gasteiger partial charge in [0.15, 0.2) is 0 Å². The van der Waals surface area contributed by atoms with Crippen LogP contribution in [0.4, 0.5) is 0 Å². The number of rotatable bonds is 5. The SMILES string of the molecule is CC1(C)CC1CNCCN1CCCCC1. The van der Waals surface area contributed by atoms with Crippen LogP contribution < -0.4 is 5.32 Å². The van der Waals surface area contributed by atoms with Crippen molar-refractivity contribution >= 4 is 0 Å². The van der Waals surface area contributed by atoms with Gasteiger partial charge in [0.2, 0.25) is 0 Å². The monoisotopic (exact) mass is 210 g/mol. The summed E-state index contributed by atoms with van der Waals surface area (Å²) in [6.45, 7) is 11.1. The maximum absolute atomic E-state index is 3.61. The fourth-order valence-corrected chi connectivity index (χ4v) is 2.62. The second-order valence-corrected chi connectivity index (χ2v) is 6.00. The Morgan fingerprint density at radius 2 is 1.87 bits per heavy atom. The van der Waals surface area contributed by atoms with Crippen molar-refractivity contribution in [1.29, 1.82) is 0 Å². The normalized spacial score (nSPS) is 30.4. The largest absolute Gasteiger partial charge is 0.315 e. The van der Waals surface area contributed by atoms with E-state index < -0.39 is 0 Å². The van der Waals surface area contributed by atoms with Gasteiger partial charge in [-0.1, -0.05) is 20.3 Å². The van der Waals surface area contributed by atoms with E-state index in [1.54, 1.807) is 0 Å². The third kappa shape index (κ3) is 3.46. The first-order valence-corrected chi connectivity index (χ1v) is 6.61. The Kier molecular flexibility index (Phi) is 3.68. The molecule has 2 fully saturated rings. The first-order chi connectivity index (χ1) is 7.18. The quantitative estimate of drug-likeness (QED) is 0.699. The lowest BCUT2D eigenvalue weighted by atomic mass is 10.1. The molecule has 1 N–H and O–H groups in total. The third-order valence-corrected chi connectivity index (χ3v) is 4.16. The molecule has 1 atom stereocenters. The lowest BCUT2D eigenvalue weighted by molar-refractivity contribution is 0.228. The molecule has 1 aliphatic heterocycles. The van der Waals surface area contributed by atoms with Gasteiger partial charge in [-0.05, 0) is 50.2 Å². The molecule has 0 aromatic carbocycles. The summed E-state index contributed by atoms with van der Waals surface area (Å²) in [5.41, 5.74) is 0.637. The van der Waals surface area contributed by atoms with Crippen molar-refractivity contribution in [2.24, 2.45) is 11.3 Å². The lowest BCUT2D eigenvalue weighted by Crippen LogP contribution is -2.36. The van der Waals surface area contributed by atoms with Gasteiger partial charge >= 0.3 is 0 Å². The van der Waals surface area contributed by atoms with Gasteiger partial charge in [-0.3, -0.25) is 0 Å². The summed E-state index contributed by atoms with van der Waals surface area (Å²) >= 11 is 0. The molecule has 1 saturated carbocycles. The Labute approximate surface area is 94.4 Å². The summed E-state index contributed by atoms with van der Waals surface area (Å²) in [5.74, 6) is 0.943. The highest BCUT2D eigenvalue weighted by atomic mass is 15.1. The van der Waals surface area contributed by atoms with Crippen molar-refractivity contribution in [1.82, 2.24) is 10.2 Å². The van der Waals surface area contributed by atoms with E-state index in [9.17, 15) is 0 Å². The van der Waals surface area contributed by atoms with Gasteiger partial charge in [-0.25, -0.2) is 0 Å². The number of piperidine rings is 1. The van der Waals surface area contributed by atoms with Crippen molar-refractivity contribution < 1.29 is 0 Å². The van der Waals surface area contributed by atoms with Gasteiger partial charge in [-0.2, -0.15) is 0 Å². The Bertz CT molecular complexity index is 195. The molecule has 1 saturated heterocycles. The molecule has 2 rings (SSSR count). The summed E-state index contributed by atoms with van der Waals surface area (Å²) in [6.07, 6.45) is 5.69. The minimum Gasteiger partial charge on any atom is -0.315 e. The van der Waals surface area contributed by atoms with Crippen LogP contribution in [-0.4, -0.2) is 37.6 Å². The van der Waals surface area contributed by atoms with Crippen molar-refractivity contribution in [3.63, 3.8) is 0 Å². The van der Waals surface area contributed by atoms with E-state index >= 15 is 0 Å². The number of hydrogen-bond donors (Lipinski definition) is 1. The molecular formula is C13H26N2. The molecular weight excluding hydrogens is 184 g/mol. The molecule has 2 nitrogen and oxygen atoms in total. The van der Waals surface area contributed by atoms with Gasteiger partial charge in [0.05, 0.1) is 0 Å². The van der Waals surface area contributed by atoms with Gasteiger partial charge in [0, 0.05) is 13.1 Å². The zero-order valence-electron chi connectivity index (χ0n) is 10.4. The summed E-state index contributed by atoms with van der Waals surface area (Å²) in [5, 5.41) is 3.61. The summed E-state index contributed by atoms with van der Waals surface area (Å²) < 4.78 is 0. The summed E-state index contributed by atoms with van der Waals surface area (Å²) in [4.78, 5) is 2.61. The van der Waals surface area contributed by atoms with E-state index in [0.717, 1.165) is 5.92 Å². The van der Waals surface area contributed by atoms with Crippen molar-refractivity contribution in [2.75, 3.05) is 32.7 Å². The predicted molar refractivity (Wildman–Crippen MR) is 65.0 cm³/mol. The zero-order valence-corrected chi connectivity index (χ0v) is 10.4. The maximum Gasteiger partial charge on any atom is 0.0107 e. The smallest absolute Gasteiger partial charge is 0.0107 e. The fourth-order valence-electron chi connectivity index (χ4n) is 2.62. The molecule has 1 unspecified atom stereocenters. The van der Waals surface area contributed by atoms with Crippen molar-refractivity contribution in [2.45, 2.75) is 39.5 Å². The second-order valence-electron chi connectivity index (χ2n) is 6.00. The topological polar surface area (TPSA) is 15.3 Å². The number of likely N-dealkylation sites (tertiary alicyclic amines) is 1. The molecule has 0 radical (unpaired) electrons. The van der Waals surface area contributed by atoms with E-state index in [0.29, 0.717) is 5.41 Å². The van der Waals surface area contributed by atoms with E-state index in [1.165, 1.54) is 58.4 Å².